The van der Waals surface area contributed by atoms with Crippen molar-refractivity contribution in [3.8, 4) is 11.4 Å². The zero-order valence-electron chi connectivity index (χ0n) is 22.6. The molecule has 5 aromatic rings. The van der Waals surface area contributed by atoms with Crippen molar-refractivity contribution in [2.24, 2.45) is 0 Å². The quantitative estimate of drug-likeness (QED) is 0.207. The molecular formula is C28H25ClN8O4S2. The van der Waals surface area contributed by atoms with Gasteiger partial charge in [-0.25, -0.2) is 19.6 Å². The second kappa shape index (κ2) is 10.9. The van der Waals surface area contributed by atoms with E-state index in [0.29, 0.717) is 27.6 Å². The molecule has 12 nitrogen and oxygen atoms in total. The lowest BCUT2D eigenvalue weighted by atomic mass is 9.65. The number of methoxy groups -OCH3 is 1. The molecule has 2 N–H and O–H groups in total. The van der Waals surface area contributed by atoms with Gasteiger partial charge in [0.15, 0.2) is 27.6 Å². The highest BCUT2D eigenvalue weighted by molar-refractivity contribution is 7.80. The van der Waals surface area contributed by atoms with Crippen LogP contribution in [-0.4, -0.2) is 65.2 Å². The van der Waals surface area contributed by atoms with Crippen molar-refractivity contribution in [3.63, 3.8) is 0 Å². The Balaban J connectivity index is 1.55. The molecule has 2 aliphatic rings. The summed E-state index contributed by atoms with van der Waals surface area (Å²) in [5.41, 5.74) is 4.89. The number of alkyl halides is 1. The second-order valence-electron chi connectivity index (χ2n) is 10.0. The van der Waals surface area contributed by atoms with Gasteiger partial charge in [0.05, 0.1) is 12.8 Å². The molecule has 0 aliphatic carbocycles. The van der Waals surface area contributed by atoms with Gasteiger partial charge in [0.25, 0.3) is 0 Å². The number of aromatic nitrogens is 7. The summed E-state index contributed by atoms with van der Waals surface area (Å²) >= 11 is 13.7. The van der Waals surface area contributed by atoms with E-state index >= 15 is 0 Å². The summed E-state index contributed by atoms with van der Waals surface area (Å²) in [6, 6.07) is 13.3. The topological polar surface area (TPSA) is 145 Å². The predicted molar refractivity (Wildman–Crippen MR) is 160 cm³/mol. The van der Waals surface area contributed by atoms with Crippen molar-refractivity contribution < 1.29 is 18.9 Å². The molecule has 15 heteroatoms. The van der Waals surface area contributed by atoms with E-state index in [1.165, 1.54) is 17.7 Å². The smallest absolute Gasteiger partial charge is 0.195 e. The normalized spacial score (nSPS) is 30.5. The maximum atomic E-state index is 7.39. The number of halogens is 1. The fraction of sp³-hybridized carbons (Fsp3) is 0.286. The third-order valence-electron chi connectivity index (χ3n) is 7.81. The molecule has 2 aliphatic heterocycles. The summed E-state index contributed by atoms with van der Waals surface area (Å²) in [6.07, 6.45) is 7.99. The highest BCUT2D eigenvalue weighted by Crippen LogP contribution is 2.61. The Morgan fingerprint density at radius 3 is 2.56 bits per heavy atom. The zero-order valence-corrected chi connectivity index (χ0v) is 25.1. The molecule has 6 heterocycles. The zero-order chi connectivity index (χ0) is 29.7. The van der Waals surface area contributed by atoms with Crippen LogP contribution in [-0.2, 0) is 30.1 Å². The van der Waals surface area contributed by atoms with Crippen LogP contribution in [0.4, 0.5) is 5.13 Å². The number of benzene rings is 1. The van der Waals surface area contributed by atoms with Gasteiger partial charge in [-0.15, -0.1) is 29.1 Å². The number of anilines is 1. The Morgan fingerprint density at radius 1 is 1.07 bits per heavy atom. The van der Waals surface area contributed by atoms with Crippen LogP contribution < -0.4 is 5.73 Å². The largest absolute Gasteiger partial charge is 0.375 e. The van der Waals surface area contributed by atoms with E-state index in [1.54, 1.807) is 42.8 Å². The van der Waals surface area contributed by atoms with Gasteiger partial charge >= 0.3 is 0 Å². The van der Waals surface area contributed by atoms with Crippen molar-refractivity contribution in [3.05, 3.63) is 102 Å². The first-order chi connectivity index (χ1) is 20.9. The number of hydrogen-bond acceptors (Lipinski definition) is 13. The van der Waals surface area contributed by atoms with Gasteiger partial charge in [-0.05, 0) is 6.07 Å². The van der Waals surface area contributed by atoms with Crippen molar-refractivity contribution >= 4 is 40.7 Å². The van der Waals surface area contributed by atoms with Crippen LogP contribution in [0.1, 0.15) is 23.0 Å². The van der Waals surface area contributed by atoms with Crippen molar-refractivity contribution in [1.82, 2.24) is 34.9 Å². The van der Waals surface area contributed by atoms with Gasteiger partial charge in [0.2, 0.25) is 0 Å². The van der Waals surface area contributed by atoms with Gasteiger partial charge < -0.3 is 24.7 Å². The maximum absolute atomic E-state index is 7.39. The van der Waals surface area contributed by atoms with Crippen LogP contribution in [0.3, 0.4) is 0 Å². The number of pyridine rings is 1. The molecule has 0 saturated carbocycles. The standard InChI is InChI=1S/C28H25ClN8O4S2/c1-38-28(19-11-32-16-33-12-19)24(42)41-26(29)15-39-22(17-6-3-2-4-7-17)40-23(26)27(28,18-8-5-9-31-10-18)37-13-20(35-36-37)21-14-43-25(30)34-21/h2-14,16,22-24,42H,15H2,1H3,(H2,30,34)/t22?,23-,24+,26-,27?,28-/m0/s1. The van der Waals surface area contributed by atoms with E-state index in [-0.39, 0.29) is 6.61 Å². The number of rotatable bonds is 6. The summed E-state index contributed by atoms with van der Waals surface area (Å²) in [4.78, 5) is 17.5. The van der Waals surface area contributed by atoms with E-state index in [4.69, 9.17) is 48.9 Å². The van der Waals surface area contributed by atoms with Gasteiger partial charge in [0.1, 0.15) is 29.3 Å². The molecule has 1 aromatic carbocycles. The SMILES string of the molecule is CO[C@@]1(c2cncnc2)[C@@H](S)O[C@@]2(Cl)COC(c3ccccc3)O[C@@H]2C1(c1cccnc1)n1cc(-c2csc(N)n2)nn1. The van der Waals surface area contributed by atoms with E-state index in [9.17, 15) is 0 Å². The molecule has 0 amide bonds. The van der Waals surface area contributed by atoms with E-state index in [0.717, 1.165) is 5.56 Å². The number of nitrogens with two attached hydrogens (primary N) is 1. The minimum absolute atomic E-state index is 0.0485. The molecule has 220 valence electrons. The lowest BCUT2D eigenvalue weighted by molar-refractivity contribution is -0.361. The summed E-state index contributed by atoms with van der Waals surface area (Å²) in [5, 5.41) is 9.81. The molecule has 2 unspecified atom stereocenters. The average molecular weight is 637 g/mol. The Hall–Kier alpha value is -3.50. The van der Waals surface area contributed by atoms with Crippen molar-refractivity contribution in [2.45, 2.75) is 34.0 Å². The minimum atomic E-state index is -1.57. The Bertz CT molecular complexity index is 1720. The van der Waals surface area contributed by atoms with Gasteiger partial charge in [-0.3, -0.25) is 4.98 Å². The number of thiol groups is 1. The highest BCUT2D eigenvalue weighted by Gasteiger charge is 2.75. The minimum Gasteiger partial charge on any atom is -0.375 e. The van der Waals surface area contributed by atoms with Gasteiger partial charge in [-0.2, -0.15) is 0 Å². The van der Waals surface area contributed by atoms with Crippen LogP contribution in [0.15, 0.2) is 85.2 Å². The first-order valence-electron chi connectivity index (χ1n) is 13.1. The van der Waals surface area contributed by atoms with Gasteiger partial charge in [0, 0.05) is 54.0 Å². The summed E-state index contributed by atoms with van der Waals surface area (Å²) in [5.74, 6) is 0. The molecule has 0 bridgehead atoms. The first kappa shape index (κ1) is 28.3. The van der Waals surface area contributed by atoms with E-state index < -0.39 is 34.0 Å². The van der Waals surface area contributed by atoms with Crippen LogP contribution in [0.25, 0.3) is 11.4 Å². The van der Waals surface area contributed by atoms with Crippen LogP contribution in [0.5, 0.6) is 0 Å². The third kappa shape index (κ3) is 4.28. The molecule has 6 atom stereocenters. The lowest BCUT2D eigenvalue weighted by Crippen LogP contribution is -2.77. The fourth-order valence-electron chi connectivity index (χ4n) is 6.04. The number of fused-ring (bicyclic) bond motifs is 1. The molecule has 0 radical (unpaired) electrons. The Morgan fingerprint density at radius 2 is 1.86 bits per heavy atom. The van der Waals surface area contributed by atoms with E-state index in [1.807, 2.05) is 47.8 Å². The molecule has 7 rings (SSSR count). The number of thiazole rings is 1. The summed E-state index contributed by atoms with van der Waals surface area (Å²) in [6.45, 7) is -0.0485. The maximum Gasteiger partial charge on any atom is 0.195 e. The molecular weight excluding hydrogens is 612 g/mol. The average Bonchev–Trinajstić information content (AvgIpc) is 3.71. The van der Waals surface area contributed by atoms with Crippen LogP contribution in [0.2, 0.25) is 0 Å². The van der Waals surface area contributed by atoms with Crippen molar-refractivity contribution in [2.75, 3.05) is 19.5 Å². The molecule has 2 fully saturated rings. The van der Waals surface area contributed by atoms with Crippen molar-refractivity contribution in [1.29, 1.82) is 0 Å². The molecule has 0 spiro atoms. The predicted octanol–water partition coefficient (Wildman–Crippen LogP) is 3.79. The molecule has 2 saturated heterocycles. The monoisotopic (exact) mass is 636 g/mol. The number of nitrogen functional groups attached to an aromatic ring is 1. The van der Waals surface area contributed by atoms with Crippen LogP contribution in [0, 0.1) is 0 Å². The Labute approximate surface area is 260 Å². The number of ether oxygens (including phenoxy) is 4. The van der Waals surface area contributed by atoms with E-state index in [2.05, 4.69) is 30.2 Å². The van der Waals surface area contributed by atoms with Crippen LogP contribution >= 0.6 is 35.6 Å². The first-order valence-corrected chi connectivity index (χ1v) is 14.9. The number of nitrogens with zero attached hydrogens (tertiary/aromatic N) is 7. The summed E-state index contributed by atoms with van der Waals surface area (Å²) in [7, 11) is 1.55. The Kier molecular flexibility index (Phi) is 7.16. The fourth-order valence-corrected chi connectivity index (χ4v) is 7.66. The lowest BCUT2D eigenvalue weighted by Gasteiger charge is -2.63. The van der Waals surface area contributed by atoms with Gasteiger partial charge in [-0.1, -0.05) is 53.2 Å². The second-order valence-corrected chi connectivity index (χ2v) is 12.0. The third-order valence-corrected chi connectivity index (χ3v) is 9.35. The summed E-state index contributed by atoms with van der Waals surface area (Å²) < 4.78 is 27.7. The number of hydrogen-bond donors (Lipinski definition) is 2. The molecule has 4 aromatic heterocycles. The highest BCUT2D eigenvalue weighted by atomic mass is 35.5. The molecule has 43 heavy (non-hydrogen) atoms.